The Bertz CT molecular complexity index is 643. The van der Waals surface area contributed by atoms with Crippen LogP contribution >= 0.6 is 15.9 Å². The number of hydrogen-bond acceptors (Lipinski definition) is 1. The third kappa shape index (κ3) is 2.98. The molecule has 0 spiro atoms. The molecule has 0 aliphatic rings. The maximum atomic E-state index is 13.4. The first-order chi connectivity index (χ1) is 8.99. The molecule has 1 amide bonds. The molecule has 0 heterocycles. The maximum Gasteiger partial charge on any atom is 0.255 e. The summed E-state index contributed by atoms with van der Waals surface area (Å²) in [6.45, 7) is 1.89. The molecule has 0 saturated heterocycles. The zero-order valence-corrected chi connectivity index (χ0v) is 11.6. The van der Waals surface area contributed by atoms with E-state index in [9.17, 15) is 13.6 Å². The van der Waals surface area contributed by atoms with E-state index in [1.807, 2.05) is 6.92 Å². The molecule has 98 valence electrons. The molecule has 1 N–H and O–H groups in total. The van der Waals surface area contributed by atoms with Gasteiger partial charge in [-0.15, -0.1) is 0 Å². The van der Waals surface area contributed by atoms with E-state index in [1.54, 1.807) is 18.2 Å². The summed E-state index contributed by atoms with van der Waals surface area (Å²) in [5.74, 6) is -2.56. The van der Waals surface area contributed by atoms with Gasteiger partial charge in [-0.3, -0.25) is 4.79 Å². The molecule has 2 rings (SSSR count). The predicted molar refractivity (Wildman–Crippen MR) is 73.2 cm³/mol. The van der Waals surface area contributed by atoms with Gasteiger partial charge in [0.25, 0.3) is 5.91 Å². The number of amides is 1. The first kappa shape index (κ1) is 13.7. The minimum Gasteiger partial charge on any atom is -0.319 e. The Labute approximate surface area is 117 Å². The van der Waals surface area contributed by atoms with Gasteiger partial charge in [0.2, 0.25) is 0 Å². The van der Waals surface area contributed by atoms with Gasteiger partial charge < -0.3 is 5.32 Å². The number of carbonyl (C=O) groups excluding carboxylic acids is 1. The fraction of sp³-hybridized carbons (Fsp3) is 0.0714. The lowest BCUT2D eigenvalue weighted by Gasteiger charge is -2.08. The van der Waals surface area contributed by atoms with E-state index in [4.69, 9.17) is 0 Å². The van der Waals surface area contributed by atoms with Crippen molar-refractivity contribution in [1.29, 1.82) is 0 Å². The van der Waals surface area contributed by atoms with Crippen molar-refractivity contribution in [2.45, 2.75) is 6.92 Å². The molecule has 2 aromatic rings. The van der Waals surface area contributed by atoms with E-state index in [1.165, 1.54) is 12.1 Å². The fourth-order valence-corrected chi connectivity index (χ4v) is 1.91. The lowest BCUT2D eigenvalue weighted by molar-refractivity contribution is 0.102. The van der Waals surface area contributed by atoms with Crippen molar-refractivity contribution >= 4 is 27.5 Å². The highest BCUT2D eigenvalue weighted by Gasteiger charge is 2.12. The van der Waals surface area contributed by atoms with Crippen LogP contribution in [0.5, 0.6) is 0 Å². The van der Waals surface area contributed by atoms with Crippen molar-refractivity contribution in [3.63, 3.8) is 0 Å². The maximum absolute atomic E-state index is 13.4. The lowest BCUT2D eigenvalue weighted by atomic mass is 10.1. The van der Waals surface area contributed by atoms with Crippen LogP contribution in [-0.2, 0) is 0 Å². The summed E-state index contributed by atoms with van der Waals surface area (Å²) in [7, 11) is 0. The Morgan fingerprint density at radius 3 is 2.63 bits per heavy atom. The van der Waals surface area contributed by atoms with Crippen molar-refractivity contribution < 1.29 is 13.6 Å². The van der Waals surface area contributed by atoms with Gasteiger partial charge in [-0.25, -0.2) is 8.78 Å². The molecule has 5 heteroatoms. The normalized spacial score (nSPS) is 10.3. The molecule has 0 bridgehead atoms. The van der Waals surface area contributed by atoms with Crippen LogP contribution in [0.15, 0.2) is 40.9 Å². The quantitative estimate of drug-likeness (QED) is 0.876. The molecule has 0 radical (unpaired) electrons. The Morgan fingerprint density at radius 1 is 1.21 bits per heavy atom. The van der Waals surface area contributed by atoms with E-state index < -0.39 is 17.5 Å². The van der Waals surface area contributed by atoms with Gasteiger partial charge in [0, 0.05) is 10.0 Å². The van der Waals surface area contributed by atoms with Crippen LogP contribution in [-0.4, -0.2) is 5.91 Å². The molecule has 19 heavy (non-hydrogen) atoms. The van der Waals surface area contributed by atoms with Crippen molar-refractivity contribution in [1.82, 2.24) is 0 Å². The minimum atomic E-state index is -1.07. The van der Waals surface area contributed by atoms with Crippen LogP contribution in [0.2, 0.25) is 0 Å². The average Bonchev–Trinajstić information content (AvgIpc) is 2.38. The summed E-state index contributed by atoms with van der Waals surface area (Å²) in [6, 6.07) is 8.64. The van der Waals surface area contributed by atoms with Gasteiger partial charge in [0.1, 0.15) is 0 Å². The Balaban J connectivity index is 2.26. The molecule has 0 atom stereocenters. The Morgan fingerprint density at radius 2 is 1.95 bits per heavy atom. The topological polar surface area (TPSA) is 29.1 Å². The van der Waals surface area contributed by atoms with Gasteiger partial charge in [0.05, 0.1) is 5.69 Å². The molecule has 0 aromatic heterocycles. The van der Waals surface area contributed by atoms with Crippen LogP contribution < -0.4 is 5.32 Å². The predicted octanol–water partition coefficient (Wildman–Crippen LogP) is 4.29. The number of hydrogen-bond donors (Lipinski definition) is 1. The van der Waals surface area contributed by atoms with Crippen LogP contribution in [0, 0.1) is 18.6 Å². The number of halogens is 3. The van der Waals surface area contributed by atoms with Crippen molar-refractivity contribution in [3.05, 3.63) is 63.6 Å². The largest absolute Gasteiger partial charge is 0.319 e. The van der Waals surface area contributed by atoms with Gasteiger partial charge in [-0.05, 0) is 36.8 Å². The summed E-state index contributed by atoms with van der Waals surface area (Å²) in [5.41, 5.74) is 1.16. The molecule has 0 unspecified atom stereocenters. The fourth-order valence-electron chi connectivity index (χ4n) is 1.53. The summed E-state index contributed by atoms with van der Waals surface area (Å²) >= 11 is 3.31. The Kier molecular flexibility index (Phi) is 3.95. The summed E-state index contributed by atoms with van der Waals surface area (Å²) in [6.07, 6.45) is 0. The highest BCUT2D eigenvalue weighted by Crippen LogP contribution is 2.20. The van der Waals surface area contributed by atoms with Gasteiger partial charge in [0.15, 0.2) is 11.6 Å². The molecule has 0 saturated carbocycles. The van der Waals surface area contributed by atoms with E-state index in [2.05, 4.69) is 21.2 Å². The minimum absolute atomic E-state index is 0.179. The number of aryl methyl sites for hydroxylation is 1. The first-order valence-corrected chi connectivity index (χ1v) is 6.30. The monoisotopic (exact) mass is 325 g/mol. The molecule has 2 nitrogen and oxygen atoms in total. The van der Waals surface area contributed by atoms with Gasteiger partial charge in [-0.2, -0.15) is 0 Å². The molecule has 0 fully saturated rings. The highest BCUT2D eigenvalue weighted by molar-refractivity contribution is 9.10. The number of carbonyl (C=O) groups is 1. The summed E-state index contributed by atoms with van der Waals surface area (Å²) < 4.78 is 27.2. The number of anilines is 1. The zero-order chi connectivity index (χ0) is 14.0. The lowest BCUT2D eigenvalue weighted by Crippen LogP contribution is -2.13. The highest BCUT2D eigenvalue weighted by atomic mass is 79.9. The van der Waals surface area contributed by atoms with Crippen LogP contribution in [0.1, 0.15) is 15.9 Å². The van der Waals surface area contributed by atoms with E-state index in [-0.39, 0.29) is 5.69 Å². The summed E-state index contributed by atoms with van der Waals surface area (Å²) in [5, 5.41) is 2.34. The smallest absolute Gasteiger partial charge is 0.255 e. The summed E-state index contributed by atoms with van der Waals surface area (Å²) in [4.78, 5) is 11.9. The van der Waals surface area contributed by atoms with E-state index in [0.29, 0.717) is 5.56 Å². The SMILES string of the molecule is Cc1ccc(C(=O)Nc2cccc(F)c2F)cc1Br. The molecule has 2 aromatic carbocycles. The molecule has 0 aliphatic heterocycles. The number of benzene rings is 2. The molecular weight excluding hydrogens is 316 g/mol. The average molecular weight is 326 g/mol. The molecule has 0 aliphatic carbocycles. The van der Waals surface area contributed by atoms with Crippen LogP contribution in [0.25, 0.3) is 0 Å². The molecular formula is C14H10BrF2NO. The first-order valence-electron chi connectivity index (χ1n) is 5.50. The van der Waals surface area contributed by atoms with Crippen molar-refractivity contribution in [3.8, 4) is 0 Å². The number of rotatable bonds is 2. The Hall–Kier alpha value is -1.75. The standard InChI is InChI=1S/C14H10BrF2NO/c1-8-5-6-9(7-10(8)15)14(19)18-12-4-2-3-11(16)13(12)17/h2-7H,1H3,(H,18,19). The second-order valence-corrected chi connectivity index (χ2v) is 4.87. The second kappa shape index (κ2) is 5.48. The van der Waals surface area contributed by atoms with Crippen molar-refractivity contribution in [2.24, 2.45) is 0 Å². The third-order valence-corrected chi connectivity index (χ3v) is 3.49. The van der Waals surface area contributed by atoms with Gasteiger partial charge >= 0.3 is 0 Å². The number of nitrogens with one attached hydrogen (secondary N) is 1. The van der Waals surface area contributed by atoms with Crippen LogP contribution in [0.3, 0.4) is 0 Å². The van der Waals surface area contributed by atoms with E-state index >= 15 is 0 Å². The second-order valence-electron chi connectivity index (χ2n) is 4.02. The zero-order valence-electron chi connectivity index (χ0n) is 10.0. The third-order valence-electron chi connectivity index (χ3n) is 2.63. The van der Waals surface area contributed by atoms with E-state index in [0.717, 1.165) is 16.1 Å². The van der Waals surface area contributed by atoms with Gasteiger partial charge in [-0.1, -0.05) is 28.1 Å². The van der Waals surface area contributed by atoms with Crippen LogP contribution in [0.4, 0.5) is 14.5 Å². The van der Waals surface area contributed by atoms with Crippen molar-refractivity contribution in [2.75, 3.05) is 5.32 Å².